The van der Waals surface area contributed by atoms with Gasteiger partial charge >= 0.3 is 0 Å². The van der Waals surface area contributed by atoms with Gasteiger partial charge in [0.1, 0.15) is 17.2 Å². The van der Waals surface area contributed by atoms with E-state index in [-0.39, 0.29) is 0 Å². The molecule has 6 nitrogen and oxygen atoms in total. The molecule has 0 atom stereocenters. The van der Waals surface area contributed by atoms with Gasteiger partial charge in [-0.2, -0.15) is 9.37 Å². The van der Waals surface area contributed by atoms with Crippen molar-refractivity contribution in [1.29, 1.82) is 0 Å². The highest BCUT2D eigenvalue weighted by Crippen LogP contribution is 2.37. The number of pyridine rings is 2. The summed E-state index contributed by atoms with van der Waals surface area (Å²) >= 11 is 12.6. The van der Waals surface area contributed by atoms with E-state index in [1.54, 1.807) is 25.3 Å². The van der Waals surface area contributed by atoms with Crippen molar-refractivity contribution in [3.8, 4) is 17.0 Å². The van der Waals surface area contributed by atoms with Crippen LogP contribution in [0.3, 0.4) is 0 Å². The largest absolute Gasteiger partial charge is 0.495 e. The molecular formula is C21H14Cl2FN5O. The molecule has 0 fully saturated rings. The number of H-pyrrole nitrogens is 1. The summed E-state index contributed by atoms with van der Waals surface area (Å²) in [6.45, 7) is 0. The summed E-state index contributed by atoms with van der Waals surface area (Å²) in [7, 11) is 1.56. The first kappa shape index (κ1) is 18.8. The molecule has 0 aliphatic heterocycles. The number of nitrogens with zero attached hydrogens (tertiary/aromatic N) is 4. The van der Waals surface area contributed by atoms with Gasteiger partial charge < -0.3 is 9.72 Å². The average molecular weight is 442 g/mol. The SMILES string of the molecule is COc1cc(-c2cccc3nc(Cc4nc5nc(F)ccc5[nH]4)cn23)c(Cl)cc1Cl. The molecule has 1 N–H and O–H groups in total. The van der Waals surface area contributed by atoms with Crippen molar-refractivity contribution in [3.05, 3.63) is 76.2 Å². The normalized spacial score (nSPS) is 11.5. The lowest BCUT2D eigenvalue weighted by Crippen LogP contribution is -1.93. The highest BCUT2D eigenvalue weighted by Gasteiger charge is 2.15. The number of benzene rings is 1. The Labute approximate surface area is 180 Å². The standard InChI is InChI=1S/C21H14Cl2FN5O/c1-30-17-8-12(13(22)9-14(17)23)16-3-2-4-20-25-11(10-29(16)20)7-19-26-15-5-6-18(24)27-21(15)28-19/h2-6,8-10H,7H2,1H3,(H,26,27,28). The Morgan fingerprint density at radius 1 is 1.07 bits per heavy atom. The smallest absolute Gasteiger partial charge is 0.215 e. The highest BCUT2D eigenvalue weighted by molar-refractivity contribution is 6.37. The Balaban J connectivity index is 1.57. The maximum absolute atomic E-state index is 13.3. The van der Waals surface area contributed by atoms with Crippen molar-refractivity contribution in [2.24, 2.45) is 0 Å². The minimum atomic E-state index is -0.562. The number of imidazole rings is 2. The second-order valence-corrected chi connectivity index (χ2v) is 7.52. The van der Waals surface area contributed by atoms with E-state index in [0.717, 1.165) is 22.6 Å². The number of hydrogen-bond donors (Lipinski definition) is 1. The fourth-order valence-electron chi connectivity index (χ4n) is 3.42. The summed E-state index contributed by atoms with van der Waals surface area (Å²) in [4.78, 5) is 16.0. The number of hydrogen-bond acceptors (Lipinski definition) is 4. The summed E-state index contributed by atoms with van der Waals surface area (Å²) in [5.41, 5.74) is 4.19. The zero-order chi connectivity index (χ0) is 20.8. The van der Waals surface area contributed by atoms with Crippen LogP contribution < -0.4 is 4.74 Å². The van der Waals surface area contributed by atoms with Gasteiger partial charge in [-0.15, -0.1) is 0 Å². The van der Waals surface area contributed by atoms with Gasteiger partial charge in [-0.1, -0.05) is 29.3 Å². The van der Waals surface area contributed by atoms with E-state index in [1.807, 2.05) is 28.8 Å². The number of aromatic amines is 1. The summed E-state index contributed by atoms with van der Waals surface area (Å²) in [6, 6.07) is 12.1. The lowest BCUT2D eigenvalue weighted by Gasteiger charge is -2.11. The van der Waals surface area contributed by atoms with Crippen molar-refractivity contribution in [1.82, 2.24) is 24.3 Å². The minimum absolute atomic E-state index is 0.342. The van der Waals surface area contributed by atoms with Gasteiger partial charge in [0.2, 0.25) is 5.95 Å². The Morgan fingerprint density at radius 3 is 2.77 bits per heavy atom. The number of methoxy groups -OCH3 is 1. The molecule has 1 aromatic carbocycles. The Bertz CT molecular complexity index is 1410. The third-order valence-corrected chi connectivity index (χ3v) is 5.38. The van der Waals surface area contributed by atoms with Crippen LogP contribution in [0.1, 0.15) is 11.5 Å². The van der Waals surface area contributed by atoms with Crippen LogP contribution in [0.2, 0.25) is 10.0 Å². The molecule has 0 spiro atoms. The number of ether oxygens (including phenoxy) is 1. The lowest BCUT2D eigenvalue weighted by molar-refractivity contribution is 0.415. The molecule has 4 heterocycles. The monoisotopic (exact) mass is 441 g/mol. The molecule has 4 aromatic heterocycles. The lowest BCUT2D eigenvalue weighted by atomic mass is 10.1. The molecule has 5 aromatic rings. The maximum atomic E-state index is 13.3. The molecule has 5 rings (SSSR count). The predicted octanol–water partition coefficient (Wildman–Crippen LogP) is 5.32. The van der Waals surface area contributed by atoms with Gasteiger partial charge in [-0.3, -0.25) is 4.40 Å². The average Bonchev–Trinajstić information content (AvgIpc) is 3.30. The molecule has 30 heavy (non-hydrogen) atoms. The van der Waals surface area contributed by atoms with E-state index in [9.17, 15) is 4.39 Å². The summed E-state index contributed by atoms with van der Waals surface area (Å²) in [5.74, 6) is 0.628. The van der Waals surface area contributed by atoms with Crippen LogP contribution in [-0.2, 0) is 6.42 Å². The van der Waals surface area contributed by atoms with Crippen LogP contribution in [-0.4, -0.2) is 31.4 Å². The second-order valence-electron chi connectivity index (χ2n) is 6.70. The van der Waals surface area contributed by atoms with Crippen molar-refractivity contribution in [2.75, 3.05) is 7.11 Å². The van der Waals surface area contributed by atoms with Gasteiger partial charge in [-0.05, 0) is 36.4 Å². The van der Waals surface area contributed by atoms with Crippen LogP contribution in [0.4, 0.5) is 4.39 Å². The molecule has 0 unspecified atom stereocenters. The van der Waals surface area contributed by atoms with Gasteiger partial charge in [-0.25, -0.2) is 9.97 Å². The van der Waals surface area contributed by atoms with E-state index in [1.165, 1.54) is 6.07 Å². The van der Waals surface area contributed by atoms with Crippen molar-refractivity contribution < 1.29 is 9.13 Å². The number of aromatic nitrogens is 5. The van der Waals surface area contributed by atoms with Gasteiger partial charge in [0.25, 0.3) is 0 Å². The van der Waals surface area contributed by atoms with Gasteiger partial charge in [0.15, 0.2) is 5.65 Å². The van der Waals surface area contributed by atoms with Crippen LogP contribution in [0.15, 0.2) is 48.7 Å². The van der Waals surface area contributed by atoms with E-state index in [0.29, 0.717) is 39.2 Å². The molecule has 0 amide bonds. The summed E-state index contributed by atoms with van der Waals surface area (Å²) in [6.07, 6.45) is 2.36. The first-order valence-electron chi connectivity index (χ1n) is 9.03. The fourth-order valence-corrected chi connectivity index (χ4v) is 3.98. The van der Waals surface area contributed by atoms with E-state index >= 15 is 0 Å². The van der Waals surface area contributed by atoms with Crippen molar-refractivity contribution >= 4 is 40.0 Å². The zero-order valence-corrected chi connectivity index (χ0v) is 17.2. The number of fused-ring (bicyclic) bond motifs is 2. The quantitative estimate of drug-likeness (QED) is 0.383. The Morgan fingerprint density at radius 2 is 1.93 bits per heavy atom. The third-order valence-electron chi connectivity index (χ3n) is 4.77. The number of rotatable bonds is 4. The molecule has 0 radical (unpaired) electrons. The summed E-state index contributed by atoms with van der Waals surface area (Å²) in [5, 5.41) is 0.952. The number of nitrogens with one attached hydrogen (secondary N) is 1. The third kappa shape index (κ3) is 3.26. The highest BCUT2D eigenvalue weighted by atomic mass is 35.5. The molecule has 9 heteroatoms. The predicted molar refractivity (Wildman–Crippen MR) is 114 cm³/mol. The van der Waals surface area contributed by atoms with Crippen molar-refractivity contribution in [2.45, 2.75) is 6.42 Å². The topological polar surface area (TPSA) is 68.1 Å². The molecule has 0 bridgehead atoms. The molecule has 150 valence electrons. The molecule has 0 aliphatic carbocycles. The second kappa shape index (κ2) is 7.27. The molecular weight excluding hydrogens is 428 g/mol. The summed E-state index contributed by atoms with van der Waals surface area (Å²) < 4.78 is 20.6. The van der Waals surface area contributed by atoms with E-state index in [4.69, 9.17) is 27.9 Å². The van der Waals surface area contributed by atoms with Crippen LogP contribution >= 0.6 is 23.2 Å². The van der Waals surface area contributed by atoms with Crippen LogP contribution in [0.25, 0.3) is 28.1 Å². The Hall–Kier alpha value is -3.16. The van der Waals surface area contributed by atoms with E-state index in [2.05, 4.69) is 19.9 Å². The maximum Gasteiger partial charge on any atom is 0.215 e. The van der Waals surface area contributed by atoms with Crippen molar-refractivity contribution in [3.63, 3.8) is 0 Å². The minimum Gasteiger partial charge on any atom is -0.495 e. The number of halogens is 3. The molecule has 0 aliphatic rings. The Kier molecular flexibility index (Phi) is 4.56. The van der Waals surface area contributed by atoms with E-state index < -0.39 is 5.95 Å². The molecule has 0 saturated heterocycles. The van der Waals surface area contributed by atoms with Crippen LogP contribution in [0, 0.1) is 5.95 Å². The van der Waals surface area contributed by atoms with Crippen LogP contribution in [0.5, 0.6) is 5.75 Å². The first-order valence-corrected chi connectivity index (χ1v) is 9.79. The van der Waals surface area contributed by atoms with Gasteiger partial charge in [0, 0.05) is 18.2 Å². The fraction of sp³-hybridized carbons (Fsp3) is 0.0952. The van der Waals surface area contributed by atoms with Gasteiger partial charge in [0.05, 0.1) is 34.1 Å². The zero-order valence-electron chi connectivity index (χ0n) is 15.7. The molecule has 0 saturated carbocycles. The first-order chi connectivity index (χ1) is 14.5.